The molecule has 0 unspecified atom stereocenters. The minimum absolute atomic E-state index is 0.0436. The molecule has 1 aromatic rings. The van der Waals surface area contributed by atoms with Crippen LogP contribution in [-0.2, 0) is 20.9 Å². The average Bonchev–Trinajstić information content (AvgIpc) is 2.77. The summed E-state index contributed by atoms with van der Waals surface area (Å²) >= 11 is 0. The van der Waals surface area contributed by atoms with Gasteiger partial charge in [-0.05, 0) is 26.3 Å². The maximum absolute atomic E-state index is 12.4. The fraction of sp³-hybridized carbons (Fsp3) is 0.600. The van der Waals surface area contributed by atoms with Crippen molar-refractivity contribution in [2.24, 2.45) is 5.73 Å². The van der Waals surface area contributed by atoms with E-state index in [0.717, 1.165) is 11.4 Å². The lowest BCUT2D eigenvalue weighted by Gasteiger charge is -2.24. The van der Waals surface area contributed by atoms with Crippen molar-refractivity contribution in [3.63, 3.8) is 0 Å². The van der Waals surface area contributed by atoms with Gasteiger partial charge in [-0.25, -0.2) is 0 Å². The van der Waals surface area contributed by atoms with Crippen molar-refractivity contribution in [1.82, 2.24) is 20.0 Å². The molecule has 0 aliphatic heterocycles. The Kier molecular flexibility index (Phi) is 6.74. The highest BCUT2D eigenvalue weighted by Crippen LogP contribution is 2.05. The zero-order valence-corrected chi connectivity index (χ0v) is 14.1. The standard InChI is InChI=1S/C15H25N5O3/c1-10-9-11(2)20(18-10)8-7-19(4)15(23)13(17-12(3)21)5-6-14(16)22/h9,13H,5-8H2,1-4H3,(H2,16,22)(H,17,21)/t13-/m0/s1. The van der Waals surface area contributed by atoms with Crippen molar-refractivity contribution in [3.05, 3.63) is 17.5 Å². The van der Waals surface area contributed by atoms with Crippen LogP contribution in [-0.4, -0.2) is 52.0 Å². The molecule has 1 heterocycles. The van der Waals surface area contributed by atoms with Crippen molar-refractivity contribution in [3.8, 4) is 0 Å². The maximum atomic E-state index is 12.4. The number of nitrogens with two attached hydrogens (primary N) is 1. The van der Waals surface area contributed by atoms with Gasteiger partial charge in [-0.1, -0.05) is 0 Å². The van der Waals surface area contributed by atoms with Crippen LogP contribution < -0.4 is 11.1 Å². The van der Waals surface area contributed by atoms with Crippen molar-refractivity contribution in [1.29, 1.82) is 0 Å². The summed E-state index contributed by atoms with van der Waals surface area (Å²) in [6, 6.07) is 1.22. The van der Waals surface area contributed by atoms with Gasteiger partial charge in [0.1, 0.15) is 6.04 Å². The molecule has 0 aromatic carbocycles. The van der Waals surface area contributed by atoms with E-state index in [0.29, 0.717) is 13.1 Å². The van der Waals surface area contributed by atoms with Crippen LogP contribution in [0.3, 0.4) is 0 Å². The Hall–Kier alpha value is -2.38. The Bertz CT molecular complexity index is 582. The number of hydrogen-bond acceptors (Lipinski definition) is 4. The monoisotopic (exact) mass is 323 g/mol. The molecule has 128 valence electrons. The molecular weight excluding hydrogens is 298 g/mol. The highest BCUT2D eigenvalue weighted by molar-refractivity contribution is 5.87. The fourth-order valence-corrected chi connectivity index (χ4v) is 2.31. The number of amides is 3. The predicted molar refractivity (Wildman–Crippen MR) is 85.4 cm³/mol. The smallest absolute Gasteiger partial charge is 0.244 e. The molecule has 0 bridgehead atoms. The third-order valence-electron chi connectivity index (χ3n) is 3.48. The van der Waals surface area contributed by atoms with Gasteiger partial charge >= 0.3 is 0 Å². The second-order valence-corrected chi connectivity index (χ2v) is 5.67. The molecule has 3 amide bonds. The summed E-state index contributed by atoms with van der Waals surface area (Å²) in [7, 11) is 1.66. The number of hydrogen-bond donors (Lipinski definition) is 2. The van der Waals surface area contributed by atoms with E-state index in [4.69, 9.17) is 5.73 Å². The van der Waals surface area contributed by atoms with Gasteiger partial charge in [0.25, 0.3) is 0 Å². The minimum Gasteiger partial charge on any atom is -0.370 e. The number of aromatic nitrogens is 2. The molecule has 8 nitrogen and oxygen atoms in total. The molecule has 1 rings (SSSR count). The number of likely N-dealkylation sites (N-methyl/N-ethyl adjacent to an activating group) is 1. The SMILES string of the molecule is CC(=O)N[C@@H](CCC(N)=O)C(=O)N(C)CCn1nc(C)cc1C. The van der Waals surface area contributed by atoms with E-state index < -0.39 is 11.9 Å². The summed E-state index contributed by atoms with van der Waals surface area (Å²) in [4.78, 5) is 36.1. The third kappa shape index (κ3) is 6.09. The van der Waals surface area contributed by atoms with Crippen molar-refractivity contribution < 1.29 is 14.4 Å². The normalized spacial score (nSPS) is 11.8. The molecule has 0 aliphatic rings. The zero-order valence-electron chi connectivity index (χ0n) is 14.1. The maximum Gasteiger partial charge on any atom is 0.244 e. The molecule has 0 saturated carbocycles. The first-order chi connectivity index (χ1) is 10.7. The van der Waals surface area contributed by atoms with E-state index in [-0.39, 0.29) is 24.7 Å². The molecule has 0 spiro atoms. The van der Waals surface area contributed by atoms with E-state index in [9.17, 15) is 14.4 Å². The van der Waals surface area contributed by atoms with Crippen molar-refractivity contribution >= 4 is 17.7 Å². The van der Waals surface area contributed by atoms with Gasteiger partial charge in [0.05, 0.1) is 12.2 Å². The first kappa shape index (κ1) is 18.7. The summed E-state index contributed by atoms with van der Waals surface area (Å²) in [6.07, 6.45) is 0.236. The Labute approximate surface area is 136 Å². The Morgan fingerprint density at radius 2 is 2.04 bits per heavy atom. The number of rotatable bonds is 8. The largest absolute Gasteiger partial charge is 0.370 e. The van der Waals surface area contributed by atoms with Crippen LogP contribution in [0.15, 0.2) is 6.07 Å². The fourth-order valence-electron chi connectivity index (χ4n) is 2.31. The van der Waals surface area contributed by atoms with Crippen LogP contribution in [0.2, 0.25) is 0 Å². The lowest BCUT2D eigenvalue weighted by Crippen LogP contribution is -2.47. The summed E-state index contributed by atoms with van der Waals surface area (Å²) in [5, 5.41) is 6.91. The molecule has 23 heavy (non-hydrogen) atoms. The lowest BCUT2D eigenvalue weighted by atomic mass is 10.1. The number of nitrogens with one attached hydrogen (secondary N) is 1. The first-order valence-electron chi connectivity index (χ1n) is 7.52. The Morgan fingerprint density at radius 1 is 1.39 bits per heavy atom. The van der Waals surface area contributed by atoms with Gasteiger partial charge in [0.2, 0.25) is 17.7 Å². The predicted octanol–water partition coefficient (Wildman–Crippen LogP) is -0.271. The van der Waals surface area contributed by atoms with E-state index in [1.165, 1.54) is 11.8 Å². The lowest BCUT2D eigenvalue weighted by molar-refractivity contribution is -0.135. The molecular formula is C15H25N5O3. The van der Waals surface area contributed by atoms with Crippen molar-refractivity contribution in [2.75, 3.05) is 13.6 Å². The highest BCUT2D eigenvalue weighted by atomic mass is 16.2. The quantitative estimate of drug-likeness (QED) is 0.686. The van der Waals surface area contributed by atoms with Crippen LogP contribution >= 0.6 is 0 Å². The highest BCUT2D eigenvalue weighted by Gasteiger charge is 2.23. The van der Waals surface area contributed by atoms with Gasteiger partial charge in [-0.3, -0.25) is 19.1 Å². The van der Waals surface area contributed by atoms with E-state index in [1.54, 1.807) is 7.05 Å². The van der Waals surface area contributed by atoms with Gasteiger partial charge in [-0.15, -0.1) is 0 Å². The van der Waals surface area contributed by atoms with Crippen LogP contribution in [0.1, 0.15) is 31.2 Å². The minimum atomic E-state index is -0.745. The van der Waals surface area contributed by atoms with Crippen LogP contribution in [0.4, 0.5) is 0 Å². The summed E-state index contributed by atoms with van der Waals surface area (Å²) < 4.78 is 1.83. The van der Waals surface area contributed by atoms with Crippen LogP contribution in [0, 0.1) is 13.8 Å². The van der Waals surface area contributed by atoms with E-state index in [2.05, 4.69) is 10.4 Å². The number of aryl methyl sites for hydroxylation is 2. The molecule has 0 radical (unpaired) electrons. The molecule has 1 atom stereocenters. The zero-order chi connectivity index (χ0) is 17.6. The number of carbonyl (C=O) groups excluding carboxylic acids is 3. The Balaban J connectivity index is 2.64. The molecule has 0 aliphatic carbocycles. The number of primary amides is 1. The second kappa shape index (κ2) is 8.30. The topological polar surface area (TPSA) is 110 Å². The molecule has 3 N–H and O–H groups in total. The number of nitrogens with zero attached hydrogens (tertiary/aromatic N) is 3. The molecule has 1 aromatic heterocycles. The molecule has 0 fully saturated rings. The van der Waals surface area contributed by atoms with Crippen molar-refractivity contribution in [2.45, 2.75) is 46.2 Å². The molecule has 0 saturated heterocycles. The average molecular weight is 323 g/mol. The summed E-state index contributed by atoms with van der Waals surface area (Å²) in [5.41, 5.74) is 7.06. The van der Waals surface area contributed by atoms with Crippen LogP contribution in [0.5, 0.6) is 0 Å². The Morgan fingerprint density at radius 3 is 2.52 bits per heavy atom. The third-order valence-corrected chi connectivity index (χ3v) is 3.48. The molecule has 8 heteroatoms. The second-order valence-electron chi connectivity index (χ2n) is 5.67. The van der Waals surface area contributed by atoms with Gasteiger partial charge < -0.3 is 16.0 Å². The number of carbonyl (C=O) groups is 3. The van der Waals surface area contributed by atoms with Gasteiger partial charge in [-0.2, -0.15) is 5.10 Å². The first-order valence-corrected chi connectivity index (χ1v) is 7.52. The summed E-state index contributed by atoms with van der Waals surface area (Å²) in [6.45, 7) is 6.21. The van der Waals surface area contributed by atoms with Gasteiger partial charge in [0.15, 0.2) is 0 Å². The van der Waals surface area contributed by atoms with Crippen LogP contribution in [0.25, 0.3) is 0 Å². The summed E-state index contributed by atoms with van der Waals surface area (Å²) in [5.74, 6) is -1.07. The van der Waals surface area contributed by atoms with E-state index in [1.807, 2.05) is 24.6 Å². The van der Waals surface area contributed by atoms with Gasteiger partial charge in [0, 0.05) is 32.6 Å². The van der Waals surface area contributed by atoms with E-state index >= 15 is 0 Å².